The number of aromatic hydroxyl groups is 1. The summed E-state index contributed by atoms with van der Waals surface area (Å²) in [4.78, 5) is 10.7. The minimum atomic E-state index is -3.56. The van der Waals surface area contributed by atoms with Crippen LogP contribution in [0.5, 0.6) is 5.75 Å². The molecule has 7 heteroatoms. The van der Waals surface area contributed by atoms with Crippen molar-refractivity contribution >= 4 is 5.97 Å². The Hall–Kier alpha value is -1.73. The standard InChI is InChI=1S/C10H11F2NO4/c11-10(12,4-14)8(13)5-1-2-7(15)6(3-5)9(16)17/h1-3,8,14-15H,4,13H2,(H,16,17)/t8-/m1/s1. The Balaban J connectivity index is 3.16. The first-order chi connectivity index (χ1) is 7.79. The number of alkyl halides is 2. The smallest absolute Gasteiger partial charge is 0.339 e. The largest absolute Gasteiger partial charge is 0.507 e. The van der Waals surface area contributed by atoms with Crippen LogP contribution in [0.2, 0.25) is 0 Å². The summed E-state index contributed by atoms with van der Waals surface area (Å²) in [6.07, 6.45) is 0. The zero-order valence-electron chi connectivity index (χ0n) is 8.60. The van der Waals surface area contributed by atoms with Gasteiger partial charge in [-0.25, -0.2) is 13.6 Å². The molecule has 5 N–H and O–H groups in total. The van der Waals surface area contributed by atoms with E-state index in [0.29, 0.717) is 0 Å². The van der Waals surface area contributed by atoms with E-state index in [4.69, 9.17) is 15.9 Å². The first-order valence-corrected chi connectivity index (χ1v) is 4.60. The molecule has 0 amide bonds. The second-order valence-electron chi connectivity index (χ2n) is 3.48. The summed E-state index contributed by atoms with van der Waals surface area (Å²) in [7, 11) is 0. The number of carboxylic acids is 1. The molecule has 17 heavy (non-hydrogen) atoms. The fourth-order valence-electron chi connectivity index (χ4n) is 1.26. The number of hydrogen-bond donors (Lipinski definition) is 4. The lowest BCUT2D eigenvalue weighted by molar-refractivity contribution is -0.0712. The van der Waals surface area contributed by atoms with E-state index in [1.165, 1.54) is 0 Å². The Morgan fingerprint density at radius 3 is 2.53 bits per heavy atom. The highest BCUT2D eigenvalue weighted by molar-refractivity contribution is 5.90. The number of nitrogens with two attached hydrogens (primary N) is 1. The number of aromatic carboxylic acids is 1. The Bertz CT molecular complexity index is 436. The third kappa shape index (κ3) is 2.69. The molecule has 0 aromatic heterocycles. The van der Waals surface area contributed by atoms with Gasteiger partial charge in [-0.15, -0.1) is 0 Å². The van der Waals surface area contributed by atoms with E-state index in [1.807, 2.05) is 0 Å². The number of benzene rings is 1. The third-order valence-corrected chi connectivity index (χ3v) is 2.28. The predicted octanol–water partition coefficient (Wildman–Crippen LogP) is 0.718. The molecular formula is C10H11F2NO4. The number of phenols is 1. The normalized spacial score (nSPS) is 13.4. The molecule has 1 aromatic rings. The van der Waals surface area contributed by atoms with Gasteiger partial charge in [0.2, 0.25) is 0 Å². The van der Waals surface area contributed by atoms with Gasteiger partial charge in [0.25, 0.3) is 5.92 Å². The van der Waals surface area contributed by atoms with Crippen molar-refractivity contribution in [2.24, 2.45) is 5.73 Å². The van der Waals surface area contributed by atoms with Crippen LogP contribution in [0, 0.1) is 0 Å². The second-order valence-corrected chi connectivity index (χ2v) is 3.48. The van der Waals surface area contributed by atoms with Crippen LogP contribution in [0.1, 0.15) is 22.0 Å². The van der Waals surface area contributed by atoms with Gasteiger partial charge >= 0.3 is 5.97 Å². The summed E-state index contributed by atoms with van der Waals surface area (Å²) in [6, 6.07) is 1.06. The minimum Gasteiger partial charge on any atom is -0.507 e. The zero-order chi connectivity index (χ0) is 13.2. The summed E-state index contributed by atoms with van der Waals surface area (Å²) in [5.74, 6) is -5.56. The van der Waals surface area contributed by atoms with Crippen molar-refractivity contribution < 1.29 is 28.9 Å². The van der Waals surface area contributed by atoms with Crippen molar-refractivity contribution in [3.63, 3.8) is 0 Å². The van der Waals surface area contributed by atoms with Gasteiger partial charge < -0.3 is 21.1 Å². The number of aliphatic hydroxyl groups is 1. The first kappa shape index (κ1) is 13.3. The highest BCUT2D eigenvalue weighted by Crippen LogP contribution is 2.31. The summed E-state index contributed by atoms with van der Waals surface area (Å²) >= 11 is 0. The van der Waals surface area contributed by atoms with Crippen LogP contribution in [0.25, 0.3) is 0 Å². The highest BCUT2D eigenvalue weighted by atomic mass is 19.3. The molecular weight excluding hydrogens is 236 g/mol. The Labute approximate surface area is 95.1 Å². The van der Waals surface area contributed by atoms with Crippen molar-refractivity contribution in [1.82, 2.24) is 0 Å². The molecule has 0 unspecified atom stereocenters. The molecule has 0 radical (unpaired) electrons. The van der Waals surface area contributed by atoms with Crippen LogP contribution >= 0.6 is 0 Å². The van der Waals surface area contributed by atoms with Gasteiger partial charge in [-0.2, -0.15) is 0 Å². The molecule has 0 aliphatic carbocycles. The van der Waals surface area contributed by atoms with E-state index in [1.54, 1.807) is 0 Å². The van der Waals surface area contributed by atoms with Crippen molar-refractivity contribution in [2.45, 2.75) is 12.0 Å². The van der Waals surface area contributed by atoms with E-state index in [-0.39, 0.29) is 5.56 Å². The van der Waals surface area contributed by atoms with E-state index < -0.39 is 35.9 Å². The van der Waals surface area contributed by atoms with Crippen LogP contribution in [-0.2, 0) is 0 Å². The molecule has 5 nitrogen and oxygen atoms in total. The lowest BCUT2D eigenvalue weighted by Gasteiger charge is -2.22. The molecule has 1 rings (SSSR count). The van der Waals surface area contributed by atoms with Gasteiger partial charge in [0, 0.05) is 0 Å². The molecule has 0 fully saturated rings. The molecule has 94 valence electrons. The Kier molecular flexibility index (Phi) is 3.64. The van der Waals surface area contributed by atoms with E-state index >= 15 is 0 Å². The SMILES string of the molecule is N[C@H](c1ccc(O)c(C(=O)O)c1)C(F)(F)CO. The molecule has 1 atom stereocenters. The lowest BCUT2D eigenvalue weighted by atomic mass is 9.99. The molecule has 0 saturated carbocycles. The van der Waals surface area contributed by atoms with Gasteiger partial charge in [0.1, 0.15) is 17.9 Å². The van der Waals surface area contributed by atoms with Gasteiger partial charge in [-0.05, 0) is 17.7 Å². The first-order valence-electron chi connectivity index (χ1n) is 4.60. The van der Waals surface area contributed by atoms with Crippen LogP contribution in [0.15, 0.2) is 18.2 Å². The van der Waals surface area contributed by atoms with Crippen LogP contribution in [-0.4, -0.2) is 33.8 Å². The minimum absolute atomic E-state index is 0.181. The van der Waals surface area contributed by atoms with E-state index in [9.17, 15) is 18.7 Å². The maximum atomic E-state index is 13.1. The zero-order valence-corrected chi connectivity index (χ0v) is 8.60. The predicted molar refractivity (Wildman–Crippen MR) is 54.0 cm³/mol. The van der Waals surface area contributed by atoms with Gasteiger partial charge in [-0.3, -0.25) is 0 Å². The van der Waals surface area contributed by atoms with Gasteiger partial charge in [0.15, 0.2) is 0 Å². The Morgan fingerprint density at radius 2 is 2.06 bits per heavy atom. The van der Waals surface area contributed by atoms with Crippen molar-refractivity contribution in [2.75, 3.05) is 6.61 Å². The number of aliphatic hydroxyl groups excluding tert-OH is 1. The monoisotopic (exact) mass is 247 g/mol. The summed E-state index contributed by atoms with van der Waals surface area (Å²) in [5, 5.41) is 26.3. The topological polar surface area (TPSA) is 104 Å². The Morgan fingerprint density at radius 1 is 1.47 bits per heavy atom. The maximum Gasteiger partial charge on any atom is 0.339 e. The van der Waals surface area contributed by atoms with E-state index in [2.05, 4.69) is 0 Å². The second kappa shape index (κ2) is 4.64. The fourth-order valence-corrected chi connectivity index (χ4v) is 1.26. The molecule has 0 bridgehead atoms. The fraction of sp³-hybridized carbons (Fsp3) is 0.300. The molecule has 0 heterocycles. The number of rotatable bonds is 4. The number of hydrogen-bond acceptors (Lipinski definition) is 4. The van der Waals surface area contributed by atoms with Gasteiger partial charge in [0.05, 0.1) is 6.04 Å². The quantitative estimate of drug-likeness (QED) is 0.627. The van der Waals surface area contributed by atoms with Crippen molar-refractivity contribution in [3.8, 4) is 5.75 Å². The number of carboxylic acid groups (broad SMARTS) is 1. The molecule has 0 spiro atoms. The van der Waals surface area contributed by atoms with E-state index in [0.717, 1.165) is 18.2 Å². The molecule has 0 aliphatic rings. The van der Waals surface area contributed by atoms with Gasteiger partial charge in [-0.1, -0.05) is 6.07 Å². The third-order valence-electron chi connectivity index (χ3n) is 2.28. The average molecular weight is 247 g/mol. The molecule has 1 aromatic carbocycles. The van der Waals surface area contributed by atoms with Crippen molar-refractivity contribution in [1.29, 1.82) is 0 Å². The highest BCUT2D eigenvalue weighted by Gasteiger charge is 2.37. The summed E-state index contributed by atoms with van der Waals surface area (Å²) < 4.78 is 26.2. The number of carbonyl (C=O) groups is 1. The molecule has 0 saturated heterocycles. The number of halogens is 2. The average Bonchev–Trinajstić information content (AvgIpc) is 2.28. The summed E-state index contributed by atoms with van der Waals surface area (Å²) in [6.45, 7) is -1.45. The van der Waals surface area contributed by atoms with Crippen LogP contribution in [0.4, 0.5) is 8.78 Å². The lowest BCUT2D eigenvalue weighted by Crippen LogP contribution is -2.36. The van der Waals surface area contributed by atoms with Crippen LogP contribution in [0.3, 0.4) is 0 Å². The molecule has 0 aliphatic heterocycles. The van der Waals surface area contributed by atoms with Crippen molar-refractivity contribution in [3.05, 3.63) is 29.3 Å². The van der Waals surface area contributed by atoms with Crippen LogP contribution < -0.4 is 5.73 Å². The summed E-state index contributed by atoms with van der Waals surface area (Å²) in [5.41, 5.74) is 4.52. The maximum absolute atomic E-state index is 13.1.